The topological polar surface area (TPSA) is 66.4 Å². The standard InChI is InChI=1S/C13H19NO3S/c1-2-13(6-7-13)10-14-18(16,17)12-5-3-4-11(8-12)9-15/h3-5,8,14-15H,2,6-7,9-10H2,1H3. The summed E-state index contributed by atoms with van der Waals surface area (Å²) in [6.45, 7) is 2.45. The molecule has 1 fully saturated rings. The van der Waals surface area contributed by atoms with E-state index < -0.39 is 10.0 Å². The number of rotatable bonds is 6. The van der Waals surface area contributed by atoms with Gasteiger partial charge in [0.05, 0.1) is 11.5 Å². The van der Waals surface area contributed by atoms with Crippen LogP contribution >= 0.6 is 0 Å². The van der Waals surface area contributed by atoms with E-state index in [0.29, 0.717) is 12.1 Å². The van der Waals surface area contributed by atoms with Gasteiger partial charge in [-0.1, -0.05) is 19.1 Å². The summed E-state index contributed by atoms with van der Waals surface area (Å²) in [4.78, 5) is 0.223. The fraction of sp³-hybridized carbons (Fsp3) is 0.538. The number of aliphatic hydroxyl groups excluding tert-OH is 1. The average molecular weight is 269 g/mol. The first kappa shape index (κ1) is 13.5. The van der Waals surface area contributed by atoms with Gasteiger partial charge in [0.25, 0.3) is 0 Å². The lowest BCUT2D eigenvalue weighted by Crippen LogP contribution is -2.30. The van der Waals surface area contributed by atoms with E-state index in [4.69, 9.17) is 5.11 Å². The first-order chi connectivity index (χ1) is 8.51. The van der Waals surface area contributed by atoms with Crippen molar-refractivity contribution in [2.24, 2.45) is 5.41 Å². The van der Waals surface area contributed by atoms with Gasteiger partial charge in [-0.05, 0) is 42.4 Å². The molecule has 100 valence electrons. The lowest BCUT2D eigenvalue weighted by molar-refractivity contribution is 0.281. The van der Waals surface area contributed by atoms with Crippen LogP contribution in [0.1, 0.15) is 31.7 Å². The minimum Gasteiger partial charge on any atom is -0.392 e. The molecule has 0 saturated heterocycles. The SMILES string of the molecule is CCC1(CNS(=O)(=O)c2cccc(CO)c2)CC1. The van der Waals surface area contributed by atoms with E-state index in [-0.39, 0.29) is 16.9 Å². The van der Waals surface area contributed by atoms with Crippen LogP contribution in [0.4, 0.5) is 0 Å². The molecular weight excluding hydrogens is 250 g/mol. The molecule has 0 spiro atoms. The Kier molecular flexibility index (Phi) is 3.75. The molecule has 1 aliphatic rings. The van der Waals surface area contributed by atoms with Crippen molar-refractivity contribution in [2.75, 3.05) is 6.54 Å². The second-order valence-electron chi connectivity index (χ2n) is 4.98. The molecule has 0 heterocycles. The average Bonchev–Trinajstić information content (AvgIpc) is 3.17. The van der Waals surface area contributed by atoms with Crippen molar-refractivity contribution in [3.05, 3.63) is 29.8 Å². The van der Waals surface area contributed by atoms with E-state index in [1.54, 1.807) is 18.2 Å². The van der Waals surface area contributed by atoms with Gasteiger partial charge in [0.1, 0.15) is 0 Å². The third kappa shape index (κ3) is 2.91. The van der Waals surface area contributed by atoms with E-state index in [0.717, 1.165) is 19.3 Å². The van der Waals surface area contributed by atoms with Crippen LogP contribution in [0.2, 0.25) is 0 Å². The van der Waals surface area contributed by atoms with Crippen molar-refractivity contribution in [3.8, 4) is 0 Å². The van der Waals surface area contributed by atoms with Crippen molar-refractivity contribution < 1.29 is 13.5 Å². The van der Waals surface area contributed by atoms with Crippen LogP contribution in [0.3, 0.4) is 0 Å². The molecule has 0 aromatic heterocycles. The molecule has 0 amide bonds. The second-order valence-corrected chi connectivity index (χ2v) is 6.75. The van der Waals surface area contributed by atoms with Gasteiger partial charge in [-0.25, -0.2) is 13.1 Å². The summed E-state index contributed by atoms with van der Waals surface area (Å²) in [6, 6.07) is 6.40. The number of nitrogens with one attached hydrogen (secondary N) is 1. The Balaban J connectivity index is 2.10. The molecule has 1 aromatic carbocycles. The highest BCUT2D eigenvalue weighted by Crippen LogP contribution is 2.48. The summed E-state index contributed by atoms with van der Waals surface area (Å²) in [6.07, 6.45) is 3.21. The van der Waals surface area contributed by atoms with Gasteiger partial charge in [0.15, 0.2) is 0 Å². The van der Waals surface area contributed by atoms with E-state index in [9.17, 15) is 8.42 Å². The van der Waals surface area contributed by atoms with Gasteiger partial charge in [-0.3, -0.25) is 0 Å². The van der Waals surface area contributed by atoms with E-state index >= 15 is 0 Å². The number of hydrogen-bond donors (Lipinski definition) is 2. The summed E-state index contributed by atoms with van der Waals surface area (Å²) in [5.41, 5.74) is 0.788. The van der Waals surface area contributed by atoms with Crippen LogP contribution in [-0.2, 0) is 16.6 Å². The Hall–Kier alpha value is -0.910. The smallest absolute Gasteiger partial charge is 0.240 e. The molecule has 2 rings (SSSR count). The summed E-state index contributed by atoms with van der Waals surface area (Å²) in [5.74, 6) is 0. The zero-order valence-electron chi connectivity index (χ0n) is 10.5. The van der Waals surface area contributed by atoms with Crippen LogP contribution in [-0.4, -0.2) is 20.1 Å². The fourth-order valence-electron chi connectivity index (χ4n) is 1.97. The van der Waals surface area contributed by atoms with Gasteiger partial charge in [-0.15, -0.1) is 0 Å². The molecule has 1 aromatic rings. The minimum atomic E-state index is -3.46. The molecule has 0 radical (unpaired) electrons. The molecule has 1 saturated carbocycles. The van der Waals surface area contributed by atoms with Crippen molar-refractivity contribution in [3.63, 3.8) is 0 Å². The summed E-state index contributed by atoms with van der Waals surface area (Å²) >= 11 is 0. The predicted octanol–water partition coefficient (Wildman–Crippen LogP) is 1.65. The normalized spacial score (nSPS) is 17.7. The lowest BCUT2D eigenvalue weighted by Gasteiger charge is -2.14. The monoisotopic (exact) mass is 269 g/mol. The highest BCUT2D eigenvalue weighted by molar-refractivity contribution is 7.89. The quantitative estimate of drug-likeness (QED) is 0.825. The largest absolute Gasteiger partial charge is 0.392 e. The van der Waals surface area contributed by atoms with Crippen LogP contribution < -0.4 is 4.72 Å². The Labute approximate surface area is 108 Å². The van der Waals surface area contributed by atoms with Gasteiger partial charge >= 0.3 is 0 Å². The molecular formula is C13H19NO3S. The van der Waals surface area contributed by atoms with Crippen LogP contribution in [0.25, 0.3) is 0 Å². The van der Waals surface area contributed by atoms with E-state index in [2.05, 4.69) is 11.6 Å². The summed E-state index contributed by atoms with van der Waals surface area (Å²) in [7, 11) is -3.46. The molecule has 1 aliphatic carbocycles. The van der Waals surface area contributed by atoms with Crippen molar-refractivity contribution >= 4 is 10.0 Å². The Morgan fingerprint density at radius 3 is 2.67 bits per heavy atom. The highest BCUT2D eigenvalue weighted by atomic mass is 32.2. The molecule has 18 heavy (non-hydrogen) atoms. The molecule has 0 unspecified atom stereocenters. The van der Waals surface area contributed by atoms with Crippen molar-refractivity contribution in [2.45, 2.75) is 37.7 Å². The van der Waals surface area contributed by atoms with Crippen molar-refractivity contribution in [1.82, 2.24) is 4.72 Å². The van der Waals surface area contributed by atoms with Gasteiger partial charge in [0, 0.05) is 6.54 Å². The van der Waals surface area contributed by atoms with E-state index in [1.807, 2.05) is 0 Å². The van der Waals surface area contributed by atoms with Crippen molar-refractivity contribution in [1.29, 1.82) is 0 Å². The Morgan fingerprint density at radius 2 is 2.11 bits per heavy atom. The second kappa shape index (κ2) is 4.99. The fourth-order valence-corrected chi connectivity index (χ4v) is 3.20. The van der Waals surface area contributed by atoms with Crippen LogP contribution in [0.5, 0.6) is 0 Å². The lowest BCUT2D eigenvalue weighted by atomic mass is 10.1. The highest BCUT2D eigenvalue weighted by Gasteiger charge is 2.41. The van der Waals surface area contributed by atoms with E-state index in [1.165, 1.54) is 6.07 Å². The molecule has 5 heteroatoms. The molecule has 0 atom stereocenters. The number of sulfonamides is 1. The Morgan fingerprint density at radius 1 is 1.39 bits per heavy atom. The third-order valence-corrected chi connectivity index (χ3v) is 5.13. The predicted molar refractivity (Wildman–Crippen MR) is 69.5 cm³/mol. The summed E-state index contributed by atoms with van der Waals surface area (Å²) in [5, 5.41) is 9.02. The van der Waals surface area contributed by atoms with Crippen LogP contribution in [0, 0.1) is 5.41 Å². The third-order valence-electron chi connectivity index (χ3n) is 3.74. The number of benzene rings is 1. The van der Waals surface area contributed by atoms with Gasteiger partial charge < -0.3 is 5.11 Å². The molecule has 0 bridgehead atoms. The van der Waals surface area contributed by atoms with Gasteiger partial charge in [-0.2, -0.15) is 0 Å². The maximum absolute atomic E-state index is 12.1. The molecule has 2 N–H and O–H groups in total. The molecule has 4 nitrogen and oxygen atoms in total. The number of hydrogen-bond acceptors (Lipinski definition) is 3. The maximum atomic E-state index is 12.1. The molecule has 0 aliphatic heterocycles. The first-order valence-corrected chi connectivity index (χ1v) is 7.69. The number of aliphatic hydroxyl groups is 1. The summed E-state index contributed by atoms with van der Waals surface area (Å²) < 4.78 is 26.9. The Bertz CT molecular complexity index is 521. The zero-order valence-corrected chi connectivity index (χ0v) is 11.3. The van der Waals surface area contributed by atoms with Crippen LogP contribution in [0.15, 0.2) is 29.2 Å². The van der Waals surface area contributed by atoms with Gasteiger partial charge in [0.2, 0.25) is 10.0 Å². The zero-order chi connectivity index (χ0) is 13.2. The first-order valence-electron chi connectivity index (χ1n) is 6.21. The minimum absolute atomic E-state index is 0.151. The maximum Gasteiger partial charge on any atom is 0.240 e.